The molecule has 0 aliphatic carbocycles. The number of aromatic nitrogens is 3. The van der Waals surface area contributed by atoms with E-state index in [4.69, 9.17) is 4.74 Å². The number of rotatable bonds is 8. The summed E-state index contributed by atoms with van der Waals surface area (Å²) in [5, 5.41) is 11.6. The summed E-state index contributed by atoms with van der Waals surface area (Å²) in [5.74, 6) is 1.28. The number of para-hydroxylation sites is 1. The minimum absolute atomic E-state index is 0.0148. The highest BCUT2D eigenvalue weighted by Gasteiger charge is 2.15. The molecule has 3 rings (SSSR count). The second kappa shape index (κ2) is 9.18. The van der Waals surface area contributed by atoms with E-state index in [2.05, 4.69) is 15.5 Å². The monoisotopic (exact) mass is 396 g/mol. The van der Waals surface area contributed by atoms with Crippen molar-refractivity contribution in [3.8, 4) is 5.75 Å². The fourth-order valence-corrected chi connectivity index (χ4v) is 3.31. The van der Waals surface area contributed by atoms with Gasteiger partial charge in [-0.2, -0.15) is 0 Å². The third-order valence-electron chi connectivity index (χ3n) is 4.05. The van der Waals surface area contributed by atoms with E-state index >= 15 is 0 Å². The summed E-state index contributed by atoms with van der Waals surface area (Å²) in [4.78, 5) is 24.5. The number of amides is 1. The Morgan fingerprint density at radius 3 is 2.46 bits per heavy atom. The van der Waals surface area contributed by atoms with Gasteiger partial charge in [0.15, 0.2) is 10.9 Å². The van der Waals surface area contributed by atoms with Crippen molar-refractivity contribution >= 4 is 29.1 Å². The van der Waals surface area contributed by atoms with Crippen LogP contribution in [0.5, 0.6) is 5.75 Å². The van der Waals surface area contributed by atoms with Crippen LogP contribution in [0.4, 0.5) is 5.69 Å². The lowest BCUT2D eigenvalue weighted by Crippen LogP contribution is -2.17. The number of hydrogen-bond acceptors (Lipinski definition) is 6. The third-order valence-corrected chi connectivity index (χ3v) is 5.07. The molecule has 2 aromatic carbocycles. The highest BCUT2D eigenvalue weighted by molar-refractivity contribution is 7.99. The average molecular weight is 396 g/mol. The van der Waals surface area contributed by atoms with Gasteiger partial charge in [-0.15, -0.1) is 10.2 Å². The van der Waals surface area contributed by atoms with Gasteiger partial charge in [0.2, 0.25) is 5.91 Å². The maximum absolute atomic E-state index is 12.3. The van der Waals surface area contributed by atoms with Crippen molar-refractivity contribution in [2.45, 2.75) is 11.6 Å². The topological polar surface area (TPSA) is 86.1 Å². The van der Waals surface area contributed by atoms with E-state index in [1.807, 2.05) is 30.3 Å². The van der Waals surface area contributed by atoms with E-state index in [0.717, 1.165) is 5.69 Å². The number of carbonyl (C=O) groups excluding carboxylic acids is 2. The molecule has 3 aromatic rings. The number of anilines is 1. The summed E-state index contributed by atoms with van der Waals surface area (Å²) < 4.78 is 6.83. The molecule has 0 aliphatic heterocycles. The molecule has 0 saturated carbocycles. The smallest absolute Gasteiger partial charge is 0.232 e. The van der Waals surface area contributed by atoms with Gasteiger partial charge in [0.25, 0.3) is 0 Å². The Morgan fingerprint density at radius 2 is 1.79 bits per heavy atom. The lowest BCUT2D eigenvalue weighted by molar-refractivity contribution is -0.115. The molecule has 1 N–H and O–H groups in total. The van der Waals surface area contributed by atoms with Gasteiger partial charge >= 0.3 is 0 Å². The van der Waals surface area contributed by atoms with Crippen molar-refractivity contribution in [3.05, 3.63) is 66.0 Å². The largest absolute Gasteiger partial charge is 0.497 e. The number of thioether (sulfide) groups is 1. The first-order chi connectivity index (χ1) is 13.6. The summed E-state index contributed by atoms with van der Waals surface area (Å²) in [7, 11) is 3.36. The summed E-state index contributed by atoms with van der Waals surface area (Å²) in [6.07, 6.45) is 0.103. The van der Waals surface area contributed by atoms with Crippen molar-refractivity contribution in [1.82, 2.24) is 14.8 Å². The number of ether oxygens (including phenoxy) is 1. The predicted molar refractivity (Wildman–Crippen MR) is 108 cm³/mol. The number of nitrogens with one attached hydrogen (secondary N) is 1. The highest BCUT2D eigenvalue weighted by Crippen LogP contribution is 2.19. The normalized spacial score (nSPS) is 10.5. The second-order valence-electron chi connectivity index (χ2n) is 5.99. The molecule has 144 valence electrons. The first-order valence-electron chi connectivity index (χ1n) is 8.60. The average Bonchev–Trinajstić information content (AvgIpc) is 3.06. The van der Waals surface area contributed by atoms with E-state index in [1.165, 1.54) is 11.8 Å². The Kier molecular flexibility index (Phi) is 6.44. The Labute approximate surface area is 167 Å². The number of hydrogen-bond donors (Lipinski definition) is 1. The fraction of sp³-hybridized carbons (Fsp3) is 0.200. The van der Waals surface area contributed by atoms with E-state index in [9.17, 15) is 9.59 Å². The zero-order chi connectivity index (χ0) is 19.9. The summed E-state index contributed by atoms with van der Waals surface area (Å²) in [5.41, 5.74) is 1.34. The molecular weight excluding hydrogens is 376 g/mol. The highest BCUT2D eigenvalue weighted by atomic mass is 32.2. The van der Waals surface area contributed by atoms with Crippen LogP contribution in [-0.2, 0) is 18.3 Å². The lowest BCUT2D eigenvalue weighted by Gasteiger charge is -2.06. The number of carbonyl (C=O) groups is 2. The van der Waals surface area contributed by atoms with Gasteiger partial charge in [0.05, 0.1) is 19.3 Å². The van der Waals surface area contributed by atoms with Gasteiger partial charge in [-0.1, -0.05) is 30.0 Å². The van der Waals surface area contributed by atoms with Gasteiger partial charge in [0.1, 0.15) is 11.6 Å². The maximum atomic E-state index is 12.3. The van der Waals surface area contributed by atoms with E-state index < -0.39 is 0 Å². The number of Topliss-reactive ketones (excluding diaryl/α,β-unsaturated/α-hetero) is 1. The van der Waals surface area contributed by atoms with Crippen LogP contribution >= 0.6 is 11.8 Å². The molecule has 0 aliphatic rings. The molecule has 1 heterocycles. The lowest BCUT2D eigenvalue weighted by atomic mass is 10.1. The van der Waals surface area contributed by atoms with Crippen molar-refractivity contribution in [1.29, 1.82) is 0 Å². The molecule has 8 heteroatoms. The molecule has 0 atom stereocenters. The third kappa shape index (κ3) is 4.98. The van der Waals surface area contributed by atoms with Crippen LogP contribution in [0.3, 0.4) is 0 Å². The minimum atomic E-state index is -0.174. The summed E-state index contributed by atoms with van der Waals surface area (Å²) in [6, 6.07) is 16.2. The van der Waals surface area contributed by atoms with Gasteiger partial charge in [0, 0.05) is 18.3 Å². The molecule has 0 radical (unpaired) electrons. The van der Waals surface area contributed by atoms with Gasteiger partial charge in [-0.3, -0.25) is 9.59 Å². The van der Waals surface area contributed by atoms with Crippen LogP contribution in [0, 0.1) is 0 Å². The Morgan fingerprint density at radius 1 is 1.07 bits per heavy atom. The van der Waals surface area contributed by atoms with Gasteiger partial charge in [-0.25, -0.2) is 0 Å². The molecule has 1 aromatic heterocycles. The first-order valence-corrected chi connectivity index (χ1v) is 9.58. The molecule has 7 nitrogen and oxygen atoms in total. The molecule has 0 fully saturated rings. The summed E-state index contributed by atoms with van der Waals surface area (Å²) in [6.45, 7) is 0. The van der Waals surface area contributed by atoms with Crippen LogP contribution in [0.1, 0.15) is 16.2 Å². The predicted octanol–water partition coefficient (Wildman–Crippen LogP) is 2.98. The van der Waals surface area contributed by atoms with Gasteiger partial charge in [-0.05, 0) is 36.4 Å². The number of nitrogens with zero attached hydrogens (tertiary/aromatic N) is 3. The number of benzene rings is 2. The number of ketones is 1. The molecular formula is C20H20N4O3S. The molecule has 0 spiro atoms. The van der Waals surface area contributed by atoms with Crippen molar-refractivity contribution in [3.63, 3.8) is 0 Å². The SMILES string of the molecule is COc1ccc(C(=O)CSc2nnc(CC(=O)Nc3ccccc3)n2C)cc1. The van der Waals surface area contributed by atoms with Crippen LogP contribution in [0.25, 0.3) is 0 Å². The van der Waals surface area contributed by atoms with E-state index in [-0.39, 0.29) is 23.9 Å². The van der Waals surface area contributed by atoms with Crippen LogP contribution in [0.2, 0.25) is 0 Å². The Balaban J connectivity index is 1.56. The second-order valence-corrected chi connectivity index (χ2v) is 6.93. The molecule has 28 heavy (non-hydrogen) atoms. The molecule has 0 saturated heterocycles. The van der Waals surface area contributed by atoms with E-state index in [0.29, 0.717) is 22.3 Å². The molecule has 1 amide bonds. The van der Waals surface area contributed by atoms with Crippen LogP contribution in [0.15, 0.2) is 59.8 Å². The molecule has 0 bridgehead atoms. The Bertz CT molecular complexity index is 955. The van der Waals surface area contributed by atoms with Crippen molar-refractivity contribution in [2.24, 2.45) is 7.05 Å². The summed E-state index contributed by atoms with van der Waals surface area (Å²) >= 11 is 1.29. The van der Waals surface area contributed by atoms with Gasteiger partial charge < -0.3 is 14.6 Å². The van der Waals surface area contributed by atoms with E-state index in [1.54, 1.807) is 43.0 Å². The zero-order valence-electron chi connectivity index (χ0n) is 15.6. The zero-order valence-corrected chi connectivity index (χ0v) is 16.4. The first kappa shape index (κ1) is 19.6. The van der Waals surface area contributed by atoms with Crippen LogP contribution < -0.4 is 10.1 Å². The molecule has 0 unspecified atom stereocenters. The standard InChI is InChI=1S/C20H20N4O3S/c1-24-18(12-19(26)21-15-6-4-3-5-7-15)22-23-20(24)28-13-17(25)14-8-10-16(27-2)11-9-14/h3-11H,12-13H2,1-2H3,(H,21,26). The Hall–Kier alpha value is -3.13. The maximum Gasteiger partial charge on any atom is 0.232 e. The fourth-order valence-electron chi connectivity index (χ4n) is 2.49. The minimum Gasteiger partial charge on any atom is -0.497 e. The number of methoxy groups -OCH3 is 1. The van der Waals surface area contributed by atoms with Crippen molar-refractivity contribution < 1.29 is 14.3 Å². The quantitative estimate of drug-likeness (QED) is 0.465. The van der Waals surface area contributed by atoms with Crippen molar-refractivity contribution in [2.75, 3.05) is 18.2 Å². The van der Waals surface area contributed by atoms with Crippen LogP contribution in [-0.4, -0.2) is 39.3 Å².